The van der Waals surface area contributed by atoms with Gasteiger partial charge >= 0.3 is 11.9 Å². The molecule has 0 aromatic rings. The number of carbonyl (C=O) groups is 2. The van der Waals surface area contributed by atoms with E-state index in [-0.39, 0.29) is 0 Å². The minimum atomic E-state index is -1.51. The molecular weight excluding hydrogens is 220 g/mol. The molecule has 0 aromatic heterocycles. The second-order valence-electron chi connectivity index (χ2n) is 5.30. The van der Waals surface area contributed by atoms with Crippen LogP contribution < -0.4 is 0 Å². The minimum Gasteiger partial charge on any atom is -0.480 e. The molecule has 17 heavy (non-hydrogen) atoms. The van der Waals surface area contributed by atoms with Gasteiger partial charge in [-0.05, 0) is 52.0 Å². The first-order chi connectivity index (χ1) is 7.72. The zero-order valence-corrected chi connectivity index (χ0v) is 10.7. The van der Waals surface area contributed by atoms with E-state index >= 15 is 0 Å². The van der Waals surface area contributed by atoms with E-state index in [2.05, 4.69) is 6.58 Å². The van der Waals surface area contributed by atoms with E-state index in [0.717, 1.165) is 31.3 Å². The van der Waals surface area contributed by atoms with Crippen molar-refractivity contribution in [3.63, 3.8) is 0 Å². The molecule has 0 saturated heterocycles. The van der Waals surface area contributed by atoms with E-state index in [4.69, 9.17) is 9.84 Å². The number of hydrogen-bond acceptors (Lipinski definition) is 3. The Kier molecular flexibility index (Phi) is 3.65. The number of hydrogen-bond donors (Lipinski definition) is 1. The van der Waals surface area contributed by atoms with Gasteiger partial charge in [0.2, 0.25) is 0 Å². The molecule has 1 fully saturated rings. The predicted molar refractivity (Wildman–Crippen MR) is 63.5 cm³/mol. The van der Waals surface area contributed by atoms with Crippen LogP contribution in [0.25, 0.3) is 0 Å². The highest BCUT2D eigenvalue weighted by Crippen LogP contribution is 2.40. The van der Waals surface area contributed by atoms with Gasteiger partial charge in [0, 0.05) is 0 Å². The Bertz CT molecular complexity index is 348. The number of ether oxygens (including phenoxy) is 1. The van der Waals surface area contributed by atoms with E-state index in [9.17, 15) is 9.59 Å². The second-order valence-corrected chi connectivity index (χ2v) is 5.30. The van der Waals surface area contributed by atoms with Gasteiger partial charge in [-0.1, -0.05) is 6.58 Å². The number of carbonyl (C=O) groups excluding carboxylic acids is 1. The van der Waals surface area contributed by atoms with Crippen LogP contribution >= 0.6 is 0 Å². The third-order valence-electron chi connectivity index (χ3n) is 3.52. The summed E-state index contributed by atoms with van der Waals surface area (Å²) in [4.78, 5) is 22.9. The molecule has 0 aromatic carbocycles. The average Bonchev–Trinajstić information content (AvgIpc) is 2.67. The number of esters is 1. The lowest BCUT2D eigenvalue weighted by molar-refractivity contribution is -0.174. The lowest BCUT2D eigenvalue weighted by Gasteiger charge is -2.32. The molecule has 0 bridgehead atoms. The van der Waals surface area contributed by atoms with E-state index in [1.807, 2.05) is 6.92 Å². The fourth-order valence-corrected chi connectivity index (χ4v) is 1.95. The summed E-state index contributed by atoms with van der Waals surface area (Å²) in [6.45, 7) is 8.41. The maximum atomic E-state index is 11.9. The van der Waals surface area contributed by atoms with E-state index in [1.54, 1.807) is 0 Å². The SMILES string of the molecule is C=C(C)C1(OC(=O)C(C)(C)C(=O)O)CCCC1. The number of aliphatic carboxylic acids is 1. The van der Waals surface area contributed by atoms with Crippen molar-refractivity contribution in [1.82, 2.24) is 0 Å². The third-order valence-corrected chi connectivity index (χ3v) is 3.52. The van der Waals surface area contributed by atoms with Gasteiger partial charge < -0.3 is 9.84 Å². The van der Waals surface area contributed by atoms with E-state index in [1.165, 1.54) is 13.8 Å². The molecule has 96 valence electrons. The van der Waals surface area contributed by atoms with Gasteiger partial charge in [-0.2, -0.15) is 0 Å². The molecule has 0 atom stereocenters. The quantitative estimate of drug-likeness (QED) is 0.466. The summed E-state index contributed by atoms with van der Waals surface area (Å²) >= 11 is 0. The topological polar surface area (TPSA) is 63.6 Å². The molecule has 0 unspecified atom stereocenters. The summed E-state index contributed by atoms with van der Waals surface area (Å²) < 4.78 is 5.47. The summed E-state index contributed by atoms with van der Waals surface area (Å²) in [5.41, 5.74) is -1.36. The normalized spacial score (nSPS) is 18.8. The van der Waals surface area contributed by atoms with E-state index < -0.39 is 23.0 Å². The molecule has 0 aliphatic heterocycles. The maximum absolute atomic E-state index is 11.9. The van der Waals surface area contributed by atoms with Gasteiger partial charge in [0.1, 0.15) is 5.60 Å². The zero-order valence-electron chi connectivity index (χ0n) is 10.7. The van der Waals surface area contributed by atoms with Crippen LogP contribution in [0.1, 0.15) is 46.5 Å². The molecule has 1 aliphatic rings. The maximum Gasteiger partial charge on any atom is 0.323 e. The van der Waals surface area contributed by atoms with E-state index in [0.29, 0.717) is 0 Å². The van der Waals surface area contributed by atoms with Crippen LogP contribution in [0.4, 0.5) is 0 Å². The fraction of sp³-hybridized carbons (Fsp3) is 0.692. The van der Waals surface area contributed by atoms with Crippen molar-refractivity contribution < 1.29 is 19.4 Å². The van der Waals surface area contributed by atoms with Gasteiger partial charge in [0.05, 0.1) is 0 Å². The molecule has 1 saturated carbocycles. The predicted octanol–water partition coefficient (Wildman–Crippen LogP) is 2.53. The summed E-state index contributed by atoms with van der Waals surface area (Å²) in [5, 5.41) is 8.98. The van der Waals surface area contributed by atoms with Crippen LogP contribution in [0, 0.1) is 5.41 Å². The molecule has 1 rings (SSSR count). The van der Waals surface area contributed by atoms with Gasteiger partial charge in [0.25, 0.3) is 0 Å². The van der Waals surface area contributed by atoms with Crippen LogP contribution in [-0.4, -0.2) is 22.6 Å². The zero-order chi connectivity index (χ0) is 13.3. The van der Waals surface area contributed by atoms with Crippen LogP contribution in [-0.2, 0) is 14.3 Å². The Balaban J connectivity index is 2.86. The van der Waals surface area contributed by atoms with Gasteiger partial charge in [-0.3, -0.25) is 9.59 Å². The highest BCUT2D eigenvalue weighted by molar-refractivity contribution is 5.98. The monoisotopic (exact) mass is 240 g/mol. The lowest BCUT2D eigenvalue weighted by Crippen LogP contribution is -2.42. The summed E-state index contributed by atoms with van der Waals surface area (Å²) in [5.74, 6) is -1.85. The Labute approximate surface area is 102 Å². The molecule has 1 aliphatic carbocycles. The van der Waals surface area contributed by atoms with Crippen LogP contribution in [0.15, 0.2) is 12.2 Å². The summed E-state index contributed by atoms with van der Waals surface area (Å²) in [7, 11) is 0. The molecule has 4 heteroatoms. The molecule has 0 amide bonds. The fourth-order valence-electron chi connectivity index (χ4n) is 1.95. The van der Waals surface area contributed by atoms with Crippen molar-refractivity contribution in [2.75, 3.05) is 0 Å². The largest absolute Gasteiger partial charge is 0.480 e. The molecular formula is C13H20O4. The van der Waals surface area contributed by atoms with Gasteiger partial charge in [-0.25, -0.2) is 0 Å². The Morgan fingerprint density at radius 1 is 1.29 bits per heavy atom. The summed E-state index contributed by atoms with van der Waals surface area (Å²) in [6.07, 6.45) is 3.44. The second kappa shape index (κ2) is 4.51. The molecule has 0 radical (unpaired) electrons. The molecule has 4 nitrogen and oxygen atoms in total. The van der Waals surface area contributed by atoms with Crippen LogP contribution in [0.5, 0.6) is 0 Å². The van der Waals surface area contributed by atoms with Crippen LogP contribution in [0.2, 0.25) is 0 Å². The molecule has 0 heterocycles. The van der Waals surface area contributed by atoms with Crippen LogP contribution in [0.3, 0.4) is 0 Å². The first-order valence-corrected chi connectivity index (χ1v) is 5.85. The van der Waals surface area contributed by atoms with Crippen molar-refractivity contribution in [2.24, 2.45) is 5.41 Å². The Morgan fingerprint density at radius 2 is 1.76 bits per heavy atom. The Morgan fingerprint density at radius 3 is 2.12 bits per heavy atom. The first kappa shape index (κ1) is 13.7. The smallest absolute Gasteiger partial charge is 0.323 e. The van der Waals surface area contributed by atoms with Crippen molar-refractivity contribution in [1.29, 1.82) is 0 Å². The number of carboxylic acids is 1. The van der Waals surface area contributed by atoms with Crippen molar-refractivity contribution >= 4 is 11.9 Å². The highest BCUT2D eigenvalue weighted by Gasteiger charge is 2.45. The van der Waals surface area contributed by atoms with Crippen molar-refractivity contribution in [3.8, 4) is 0 Å². The summed E-state index contributed by atoms with van der Waals surface area (Å²) in [6, 6.07) is 0. The lowest BCUT2D eigenvalue weighted by atomic mass is 9.90. The van der Waals surface area contributed by atoms with Crippen molar-refractivity contribution in [3.05, 3.63) is 12.2 Å². The Hall–Kier alpha value is -1.32. The van der Waals surface area contributed by atoms with Gasteiger partial charge in [0.15, 0.2) is 5.41 Å². The minimum absolute atomic E-state index is 0.649. The third kappa shape index (κ3) is 2.51. The first-order valence-electron chi connectivity index (χ1n) is 5.85. The number of carboxylic acid groups (broad SMARTS) is 1. The standard InChI is InChI=1S/C13H20O4/c1-9(2)13(7-5-6-8-13)17-11(16)12(3,4)10(14)15/h1,5-8H2,2-4H3,(H,14,15). The van der Waals surface area contributed by atoms with Gasteiger partial charge in [-0.15, -0.1) is 0 Å². The molecule has 1 N–H and O–H groups in total. The molecule has 0 spiro atoms. The van der Waals surface area contributed by atoms with Crippen molar-refractivity contribution in [2.45, 2.75) is 52.1 Å². The highest BCUT2D eigenvalue weighted by atomic mass is 16.6. The number of rotatable bonds is 4. The average molecular weight is 240 g/mol.